The van der Waals surface area contributed by atoms with Gasteiger partial charge < -0.3 is 10.8 Å². The van der Waals surface area contributed by atoms with Gasteiger partial charge in [-0.25, -0.2) is 0 Å². The van der Waals surface area contributed by atoms with Crippen molar-refractivity contribution in [3.8, 4) is 16.3 Å². The number of nitrogen functional groups attached to an aromatic ring is 1. The molecule has 1 heterocycles. The summed E-state index contributed by atoms with van der Waals surface area (Å²) in [5.74, 6) is 0.239. The van der Waals surface area contributed by atoms with Crippen LogP contribution in [-0.2, 0) is 0 Å². The lowest BCUT2D eigenvalue weighted by atomic mass is 10.2. The molecule has 0 saturated heterocycles. The molecule has 0 spiro atoms. The lowest BCUT2D eigenvalue weighted by Gasteiger charge is -1.98. The van der Waals surface area contributed by atoms with Gasteiger partial charge in [0.2, 0.25) is 5.13 Å². The molecule has 21 heavy (non-hydrogen) atoms. The molecule has 6 heteroatoms. The van der Waals surface area contributed by atoms with Crippen molar-refractivity contribution in [1.29, 1.82) is 0 Å². The zero-order valence-electron chi connectivity index (χ0n) is 11.0. The lowest BCUT2D eigenvalue weighted by molar-refractivity contribution is 0.475. The van der Waals surface area contributed by atoms with E-state index in [2.05, 4.69) is 15.2 Å². The smallest absolute Gasteiger partial charge is 0.203 e. The predicted molar refractivity (Wildman–Crippen MR) is 85.1 cm³/mol. The van der Waals surface area contributed by atoms with Crippen molar-refractivity contribution in [2.45, 2.75) is 0 Å². The summed E-state index contributed by atoms with van der Waals surface area (Å²) >= 11 is 1.34. The Kier molecular flexibility index (Phi) is 3.61. The third-order valence-corrected chi connectivity index (χ3v) is 3.59. The van der Waals surface area contributed by atoms with E-state index in [1.54, 1.807) is 30.5 Å². The summed E-state index contributed by atoms with van der Waals surface area (Å²) in [5, 5.41) is 18.3. The molecule has 3 N–H and O–H groups in total. The van der Waals surface area contributed by atoms with E-state index in [-0.39, 0.29) is 5.75 Å². The Balaban J connectivity index is 1.84. The number of nitrogens with zero attached hydrogens (tertiary/aromatic N) is 3. The monoisotopic (exact) mass is 296 g/mol. The molecule has 1 aromatic heterocycles. The SMILES string of the molecule is Nc1nnc(-c2cccc(N=Cc3ccc(O)cc3)c2)s1. The first-order chi connectivity index (χ1) is 10.2. The molecule has 3 rings (SSSR count). The van der Waals surface area contributed by atoms with Gasteiger partial charge in [-0.15, -0.1) is 10.2 Å². The van der Waals surface area contributed by atoms with Gasteiger partial charge in [0.15, 0.2) is 0 Å². The van der Waals surface area contributed by atoms with Crippen LogP contribution < -0.4 is 5.73 Å². The molecule has 5 nitrogen and oxygen atoms in total. The van der Waals surface area contributed by atoms with Crippen LogP contribution in [0.25, 0.3) is 10.6 Å². The molecular weight excluding hydrogens is 284 g/mol. The number of phenolic OH excluding ortho intramolecular Hbond substituents is 1. The number of anilines is 1. The Morgan fingerprint density at radius 2 is 1.90 bits per heavy atom. The topological polar surface area (TPSA) is 84.4 Å². The van der Waals surface area contributed by atoms with Gasteiger partial charge in [-0.1, -0.05) is 23.5 Å². The Bertz CT molecular complexity index is 780. The molecule has 0 unspecified atom stereocenters. The van der Waals surface area contributed by atoms with Crippen molar-refractivity contribution >= 4 is 28.4 Å². The predicted octanol–water partition coefficient (Wildman–Crippen LogP) is 3.24. The van der Waals surface area contributed by atoms with Crippen molar-refractivity contribution in [3.05, 3.63) is 54.1 Å². The van der Waals surface area contributed by atoms with Gasteiger partial charge in [0.05, 0.1) is 5.69 Å². The van der Waals surface area contributed by atoms with Crippen LogP contribution in [0.5, 0.6) is 5.75 Å². The summed E-state index contributed by atoms with van der Waals surface area (Å²) in [7, 11) is 0. The second-order valence-corrected chi connectivity index (χ2v) is 5.35. The molecular formula is C15H12N4OS. The molecule has 0 aliphatic rings. The summed E-state index contributed by atoms with van der Waals surface area (Å²) in [5.41, 5.74) is 8.26. The fourth-order valence-corrected chi connectivity index (χ4v) is 2.39. The molecule has 0 aliphatic heterocycles. The lowest BCUT2D eigenvalue weighted by Crippen LogP contribution is -1.80. The Hall–Kier alpha value is -2.73. The zero-order valence-corrected chi connectivity index (χ0v) is 11.8. The Morgan fingerprint density at radius 3 is 2.62 bits per heavy atom. The van der Waals surface area contributed by atoms with E-state index >= 15 is 0 Å². The number of aromatic hydroxyl groups is 1. The van der Waals surface area contributed by atoms with Crippen molar-refractivity contribution in [1.82, 2.24) is 10.2 Å². The summed E-state index contributed by atoms with van der Waals surface area (Å²) in [6.45, 7) is 0. The molecule has 0 bridgehead atoms. The molecule has 0 radical (unpaired) electrons. The second-order valence-electron chi connectivity index (χ2n) is 4.35. The number of phenols is 1. The normalized spacial score (nSPS) is 11.0. The van der Waals surface area contributed by atoms with Crippen molar-refractivity contribution in [2.75, 3.05) is 5.73 Å². The maximum Gasteiger partial charge on any atom is 0.203 e. The number of rotatable bonds is 3. The molecule has 0 aliphatic carbocycles. The standard InChI is InChI=1S/C15H12N4OS/c16-15-19-18-14(21-15)11-2-1-3-12(8-11)17-9-10-4-6-13(20)7-5-10/h1-9,20H,(H2,16,19). The third kappa shape index (κ3) is 3.24. The van der Waals surface area contributed by atoms with E-state index in [1.807, 2.05) is 24.3 Å². The van der Waals surface area contributed by atoms with E-state index in [4.69, 9.17) is 5.73 Å². The van der Waals surface area contributed by atoms with Crippen LogP contribution in [-0.4, -0.2) is 21.5 Å². The Labute approximate surface area is 125 Å². The van der Waals surface area contributed by atoms with Crippen LogP contribution in [0.4, 0.5) is 10.8 Å². The quantitative estimate of drug-likeness (QED) is 0.727. The number of aliphatic imine (C=N–C) groups is 1. The highest BCUT2D eigenvalue weighted by Crippen LogP contribution is 2.27. The first kappa shape index (κ1) is 13.3. The van der Waals surface area contributed by atoms with Crippen molar-refractivity contribution in [2.24, 2.45) is 4.99 Å². The highest BCUT2D eigenvalue weighted by atomic mass is 32.1. The molecule has 104 valence electrons. The van der Waals surface area contributed by atoms with Crippen molar-refractivity contribution in [3.63, 3.8) is 0 Å². The van der Waals surface area contributed by atoms with Crippen LogP contribution in [0.1, 0.15) is 5.56 Å². The summed E-state index contributed by atoms with van der Waals surface area (Å²) in [4.78, 5) is 4.42. The van der Waals surface area contributed by atoms with Crippen LogP contribution in [0.2, 0.25) is 0 Å². The number of aromatic nitrogens is 2. The number of hydrogen-bond acceptors (Lipinski definition) is 6. The van der Waals surface area contributed by atoms with Crippen LogP contribution >= 0.6 is 11.3 Å². The average molecular weight is 296 g/mol. The summed E-state index contributed by atoms with van der Waals surface area (Å²) in [6, 6.07) is 14.5. The van der Waals surface area contributed by atoms with Gasteiger partial charge in [0.25, 0.3) is 0 Å². The Morgan fingerprint density at radius 1 is 1.10 bits per heavy atom. The van der Waals surface area contributed by atoms with E-state index in [1.165, 1.54) is 11.3 Å². The highest BCUT2D eigenvalue weighted by Gasteiger charge is 2.04. The van der Waals surface area contributed by atoms with Gasteiger partial charge >= 0.3 is 0 Å². The molecule has 0 saturated carbocycles. The van der Waals surface area contributed by atoms with Crippen molar-refractivity contribution < 1.29 is 5.11 Å². The average Bonchev–Trinajstić information content (AvgIpc) is 2.94. The first-order valence-electron chi connectivity index (χ1n) is 6.23. The van der Waals surface area contributed by atoms with E-state index in [9.17, 15) is 5.11 Å². The highest BCUT2D eigenvalue weighted by molar-refractivity contribution is 7.18. The minimum absolute atomic E-state index is 0.239. The number of nitrogens with two attached hydrogens (primary N) is 1. The molecule has 0 amide bonds. The molecule has 0 atom stereocenters. The third-order valence-electron chi connectivity index (χ3n) is 2.79. The maximum atomic E-state index is 9.24. The fraction of sp³-hybridized carbons (Fsp3) is 0. The minimum Gasteiger partial charge on any atom is -0.508 e. The van der Waals surface area contributed by atoms with Gasteiger partial charge in [0, 0.05) is 11.8 Å². The van der Waals surface area contributed by atoms with E-state index in [0.717, 1.165) is 21.8 Å². The van der Waals surface area contributed by atoms with Gasteiger partial charge in [-0.05, 0) is 42.0 Å². The van der Waals surface area contributed by atoms with E-state index in [0.29, 0.717) is 5.13 Å². The second kappa shape index (κ2) is 5.72. The largest absolute Gasteiger partial charge is 0.508 e. The van der Waals surface area contributed by atoms with E-state index < -0.39 is 0 Å². The summed E-state index contributed by atoms with van der Waals surface area (Å²) < 4.78 is 0. The fourth-order valence-electron chi connectivity index (χ4n) is 1.78. The molecule has 0 fully saturated rings. The van der Waals surface area contributed by atoms with Crippen LogP contribution in [0.3, 0.4) is 0 Å². The summed E-state index contributed by atoms with van der Waals surface area (Å²) in [6.07, 6.45) is 1.74. The molecule has 3 aromatic rings. The van der Waals surface area contributed by atoms with Gasteiger partial charge in [-0.2, -0.15) is 0 Å². The van der Waals surface area contributed by atoms with Crippen LogP contribution in [0.15, 0.2) is 53.5 Å². The van der Waals surface area contributed by atoms with Crippen LogP contribution in [0, 0.1) is 0 Å². The zero-order chi connectivity index (χ0) is 14.7. The number of hydrogen-bond donors (Lipinski definition) is 2. The minimum atomic E-state index is 0.239. The first-order valence-corrected chi connectivity index (χ1v) is 7.05. The van der Waals surface area contributed by atoms with Gasteiger partial charge in [-0.3, -0.25) is 4.99 Å². The van der Waals surface area contributed by atoms with Gasteiger partial charge in [0.1, 0.15) is 10.8 Å². The maximum absolute atomic E-state index is 9.24. The molecule has 2 aromatic carbocycles. The number of benzene rings is 2.